The van der Waals surface area contributed by atoms with Gasteiger partial charge in [-0.05, 0) is 6.07 Å². The van der Waals surface area contributed by atoms with Crippen LogP contribution in [-0.2, 0) is 13.2 Å². The number of para-hydroxylation sites is 1. The van der Waals surface area contributed by atoms with E-state index in [4.69, 9.17) is 9.47 Å². The third-order valence-corrected chi connectivity index (χ3v) is 3.56. The molecule has 1 N–H and O–H groups in total. The second kappa shape index (κ2) is 7.26. The molecular formula is C15H20N2O2S. The van der Waals surface area contributed by atoms with Gasteiger partial charge in [0.05, 0.1) is 7.11 Å². The lowest BCUT2D eigenvalue weighted by atomic mass is 10.1. The SMILES string of the molecule is COc1cccc(CNC(C)C)c1OCc1nccs1. The molecule has 108 valence electrons. The molecule has 0 radical (unpaired) electrons. The summed E-state index contributed by atoms with van der Waals surface area (Å²) in [6.07, 6.45) is 1.78. The summed E-state index contributed by atoms with van der Waals surface area (Å²) in [5.74, 6) is 1.54. The molecule has 0 spiro atoms. The summed E-state index contributed by atoms with van der Waals surface area (Å²) < 4.78 is 11.3. The fourth-order valence-corrected chi connectivity index (χ4v) is 2.32. The molecule has 1 aromatic heterocycles. The Morgan fingerprint density at radius 2 is 2.20 bits per heavy atom. The smallest absolute Gasteiger partial charge is 0.166 e. The highest BCUT2D eigenvalue weighted by molar-refractivity contribution is 7.09. The van der Waals surface area contributed by atoms with Crippen molar-refractivity contribution in [3.63, 3.8) is 0 Å². The third kappa shape index (κ3) is 3.95. The van der Waals surface area contributed by atoms with Crippen molar-refractivity contribution in [2.45, 2.75) is 33.0 Å². The van der Waals surface area contributed by atoms with Crippen LogP contribution in [0.15, 0.2) is 29.8 Å². The number of benzene rings is 1. The van der Waals surface area contributed by atoms with Gasteiger partial charge in [0, 0.05) is 29.7 Å². The molecule has 2 aromatic rings. The van der Waals surface area contributed by atoms with E-state index in [0.717, 1.165) is 28.6 Å². The Balaban J connectivity index is 2.14. The second-order valence-electron chi connectivity index (χ2n) is 4.70. The highest BCUT2D eigenvalue weighted by Gasteiger charge is 2.11. The van der Waals surface area contributed by atoms with Gasteiger partial charge >= 0.3 is 0 Å². The number of methoxy groups -OCH3 is 1. The molecule has 1 heterocycles. The summed E-state index contributed by atoms with van der Waals surface area (Å²) in [6, 6.07) is 6.37. The maximum Gasteiger partial charge on any atom is 0.166 e. The first-order chi connectivity index (χ1) is 9.70. The van der Waals surface area contributed by atoms with E-state index in [1.165, 1.54) is 0 Å². The normalized spacial score (nSPS) is 10.8. The molecule has 0 aliphatic rings. The first-order valence-corrected chi connectivity index (χ1v) is 7.49. The largest absolute Gasteiger partial charge is 0.493 e. The molecule has 5 heteroatoms. The topological polar surface area (TPSA) is 43.4 Å². The average Bonchev–Trinajstić information content (AvgIpc) is 2.96. The van der Waals surface area contributed by atoms with Crippen LogP contribution in [0, 0.1) is 0 Å². The average molecular weight is 292 g/mol. The third-order valence-electron chi connectivity index (χ3n) is 2.80. The number of ether oxygens (including phenoxy) is 2. The van der Waals surface area contributed by atoms with Crippen LogP contribution >= 0.6 is 11.3 Å². The number of aromatic nitrogens is 1. The molecule has 4 nitrogen and oxygen atoms in total. The Kier molecular flexibility index (Phi) is 5.38. The van der Waals surface area contributed by atoms with Crippen molar-refractivity contribution in [1.82, 2.24) is 10.3 Å². The molecule has 0 amide bonds. The summed E-state index contributed by atoms with van der Waals surface area (Å²) >= 11 is 1.59. The van der Waals surface area contributed by atoms with Crippen LogP contribution in [0.4, 0.5) is 0 Å². The maximum atomic E-state index is 5.92. The van der Waals surface area contributed by atoms with Crippen molar-refractivity contribution in [2.24, 2.45) is 0 Å². The zero-order valence-corrected chi connectivity index (χ0v) is 12.9. The maximum absolute atomic E-state index is 5.92. The molecule has 0 saturated carbocycles. The minimum atomic E-state index is 0.424. The minimum absolute atomic E-state index is 0.424. The lowest BCUT2D eigenvalue weighted by Crippen LogP contribution is -2.22. The van der Waals surface area contributed by atoms with Crippen molar-refractivity contribution in [2.75, 3.05) is 7.11 Å². The zero-order chi connectivity index (χ0) is 14.4. The van der Waals surface area contributed by atoms with E-state index in [2.05, 4.69) is 30.2 Å². The number of hydrogen-bond acceptors (Lipinski definition) is 5. The van der Waals surface area contributed by atoms with E-state index in [9.17, 15) is 0 Å². The van der Waals surface area contributed by atoms with Gasteiger partial charge in [0.15, 0.2) is 11.5 Å². The van der Waals surface area contributed by atoms with E-state index in [-0.39, 0.29) is 0 Å². The van der Waals surface area contributed by atoms with Gasteiger partial charge in [-0.1, -0.05) is 26.0 Å². The van der Waals surface area contributed by atoms with Crippen molar-refractivity contribution in [1.29, 1.82) is 0 Å². The Morgan fingerprint density at radius 3 is 2.85 bits per heavy atom. The van der Waals surface area contributed by atoms with Crippen molar-refractivity contribution in [3.8, 4) is 11.5 Å². The summed E-state index contributed by atoms with van der Waals surface area (Å²) in [7, 11) is 1.66. The summed E-state index contributed by atoms with van der Waals surface area (Å²) in [5, 5.41) is 6.30. The molecule has 0 fully saturated rings. The number of nitrogens with one attached hydrogen (secondary N) is 1. The molecule has 0 aliphatic heterocycles. The zero-order valence-electron chi connectivity index (χ0n) is 12.1. The molecule has 0 atom stereocenters. The van der Waals surface area contributed by atoms with Crippen LogP contribution in [0.3, 0.4) is 0 Å². The fourth-order valence-electron chi connectivity index (χ4n) is 1.80. The van der Waals surface area contributed by atoms with Gasteiger partial charge in [-0.3, -0.25) is 0 Å². The van der Waals surface area contributed by atoms with E-state index >= 15 is 0 Å². The van der Waals surface area contributed by atoms with Gasteiger partial charge in [-0.25, -0.2) is 4.98 Å². The molecule has 20 heavy (non-hydrogen) atoms. The molecule has 0 bridgehead atoms. The van der Waals surface area contributed by atoms with Crippen LogP contribution < -0.4 is 14.8 Å². The van der Waals surface area contributed by atoms with E-state index in [1.807, 2.05) is 17.5 Å². The molecule has 0 saturated heterocycles. The van der Waals surface area contributed by atoms with Crippen LogP contribution in [0.2, 0.25) is 0 Å². The quantitative estimate of drug-likeness (QED) is 0.851. The lowest BCUT2D eigenvalue weighted by molar-refractivity contribution is 0.280. The predicted molar refractivity (Wildman–Crippen MR) is 81.4 cm³/mol. The number of rotatable bonds is 7. The summed E-state index contributed by atoms with van der Waals surface area (Å²) in [6.45, 7) is 5.46. The van der Waals surface area contributed by atoms with Crippen LogP contribution in [0.1, 0.15) is 24.4 Å². The van der Waals surface area contributed by atoms with Crippen molar-refractivity contribution >= 4 is 11.3 Å². The van der Waals surface area contributed by atoms with Crippen LogP contribution in [0.25, 0.3) is 0 Å². The van der Waals surface area contributed by atoms with Crippen LogP contribution in [-0.4, -0.2) is 18.1 Å². The Labute approximate surface area is 123 Å². The van der Waals surface area contributed by atoms with Crippen LogP contribution in [0.5, 0.6) is 11.5 Å². The highest BCUT2D eigenvalue weighted by Crippen LogP contribution is 2.32. The first kappa shape index (κ1) is 14.8. The molecule has 0 unspecified atom stereocenters. The predicted octanol–water partition coefficient (Wildman–Crippen LogP) is 3.23. The monoisotopic (exact) mass is 292 g/mol. The van der Waals surface area contributed by atoms with Crippen molar-refractivity contribution < 1.29 is 9.47 Å². The molecule has 1 aromatic carbocycles. The van der Waals surface area contributed by atoms with E-state index < -0.39 is 0 Å². The van der Waals surface area contributed by atoms with E-state index in [0.29, 0.717) is 12.6 Å². The Morgan fingerprint density at radius 1 is 1.35 bits per heavy atom. The van der Waals surface area contributed by atoms with Gasteiger partial charge in [0.25, 0.3) is 0 Å². The molecule has 0 aliphatic carbocycles. The first-order valence-electron chi connectivity index (χ1n) is 6.61. The Hall–Kier alpha value is -1.59. The standard InChI is InChI=1S/C15H20N2O2S/c1-11(2)17-9-12-5-4-6-13(18-3)15(12)19-10-14-16-7-8-20-14/h4-8,11,17H,9-10H2,1-3H3. The number of thiazole rings is 1. The van der Waals surface area contributed by atoms with Gasteiger partial charge in [0.1, 0.15) is 11.6 Å². The second-order valence-corrected chi connectivity index (χ2v) is 5.68. The molecular weight excluding hydrogens is 272 g/mol. The highest BCUT2D eigenvalue weighted by atomic mass is 32.1. The van der Waals surface area contributed by atoms with Gasteiger partial charge < -0.3 is 14.8 Å². The number of hydrogen-bond donors (Lipinski definition) is 1. The molecule has 2 rings (SSSR count). The fraction of sp³-hybridized carbons (Fsp3) is 0.400. The Bertz CT molecular complexity index is 527. The van der Waals surface area contributed by atoms with Gasteiger partial charge in [0.2, 0.25) is 0 Å². The minimum Gasteiger partial charge on any atom is -0.493 e. The van der Waals surface area contributed by atoms with Gasteiger partial charge in [-0.2, -0.15) is 0 Å². The van der Waals surface area contributed by atoms with E-state index in [1.54, 1.807) is 24.6 Å². The van der Waals surface area contributed by atoms with Gasteiger partial charge in [-0.15, -0.1) is 11.3 Å². The number of nitrogens with zero attached hydrogens (tertiary/aromatic N) is 1. The van der Waals surface area contributed by atoms with Crippen molar-refractivity contribution in [3.05, 3.63) is 40.3 Å². The summed E-state index contributed by atoms with van der Waals surface area (Å²) in [5.41, 5.74) is 1.09. The lowest BCUT2D eigenvalue weighted by Gasteiger charge is -2.16. The summed E-state index contributed by atoms with van der Waals surface area (Å²) in [4.78, 5) is 4.23.